The molecule has 6 nitrogen and oxygen atoms in total. The van der Waals surface area contributed by atoms with Crippen molar-refractivity contribution in [3.8, 4) is 0 Å². The molecule has 0 saturated carbocycles. The van der Waals surface area contributed by atoms with E-state index in [1.165, 1.54) is 4.90 Å². The van der Waals surface area contributed by atoms with Crippen LogP contribution in [0, 0.1) is 6.92 Å². The molecule has 29 heavy (non-hydrogen) atoms. The molecule has 4 rings (SSSR count). The number of fused-ring (bicyclic) bond motifs is 1. The van der Waals surface area contributed by atoms with Gasteiger partial charge in [-0.05, 0) is 13.0 Å². The van der Waals surface area contributed by atoms with Crippen LogP contribution in [-0.2, 0) is 14.3 Å². The summed E-state index contributed by atoms with van der Waals surface area (Å²) in [6.07, 6.45) is 1.80. The summed E-state index contributed by atoms with van der Waals surface area (Å²) >= 11 is 0. The number of aryl methyl sites for hydroxylation is 1. The zero-order chi connectivity index (χ0) is 20.5. The Bertz CT molecular complexity index is 1110. The van der Waals surface area contributed by atoms with Crippen molar-refractivity contribution < 1.29 is 19.4 Å². The number of nitrogens with one attached hydrogen (secondary N) is 1. The number of hydrogen-bond donors (Lipinski definition) is 2. The van der Waals surface area contributed by atoms with Crippen molar-refractivity contribution in [3.05, 3.63) is 77.0 Å². The van der Waals surface area contributed by atoms with Crippen molar-refractivity contribution in [2.45, 2.75) is 13.0 Å². The second-order valence-electron chi connectivity index (χ2n) is 7.14. The van der Waals surface area contributed by atoms with Crippen molar-refractivity contribution in [3.63, 3.8) is 0 Å². The third kappa shape index (κ3) is 3.21. The summed E-state index contributed by atoms with van der Waals surface area (Å²) in [6.45, 7) is 2.48. The Morgan fingerprint density at radius 1 is 1.14 bits per heavy atom. The number of H-pyrrole nitrogens is 1. The van der Waals surface area contributed by atoms with Crippen LogP contribution in [0.25, 0.3) is 16.7 Å². The monoisotopic (exact) mass is 390 g/mol. The zero-order valence-corrected chi connectivity index (χ0v) is 16.3. The molecule has 3 aromatic rings. The molecule has 1 fully saturated rings. The van der Waals surface area contributed by atoms with Crippen molar-refractivity contribution in [1.29, 1.82) is 0 Å². The second-order valence-corrected chi connectivity index (χ2v) is 7.14. The van der Waals surface area contributed by atoms with E-state index in [1.807, 2.05) is 43.3 Å². The fourth-order valence-electron chi connectivity index (χ4n) is 3.81. The molecule has 148 valence electrons. The number of aromatic nitrogens is 1. The molecule has 1 saturated heterocycles. The number of methoxy groups -OCH3 is 1. The quantitative estimate of drug-likeness (QED) is 0.397. The molecule has 1 atom stereocenters. The Morgan fingerprint density at radius 3 is 2.59 bits per heavy atom. The standard InChI is InChI=1S/C23H22N2O4/c1-14-7-9-15(10-8-14)21(26)19-20(25(11-12-29-2)23(28)22(19)27)17-13-24-18-6-4-3-5-16(17)18/h3-10,13,20,24,26H,11-12H2,1-2H3/b21-19+. The topological polar surface area (TPSA) is 82.6 Å². The number of Topliss-reactive ketones (excluding diaryl/α,β-unsaturated/α-hetero) is 1. The third-order valence-electron chi connectivity index (χ3n) is 5.32. The molecule has 0 aliphatic carbocycles. The molecule has 0 bridgehead atoms. The highest BCUT2D eigenvalue weighted by Gasteiger charge is 2.46. The number of benzene rings is 2. The molecule has 2 aromatic carbocycles. The first kappa shape index (κ1) is 19.0. The van der Waals surface area contributed by atoms with Crippen molar-refractivity contribution in [2.24, 2.45) is 0 Å². The van der Waals surface area contributed by atoms with Crippen molar-refractivity contribution in [1.82, 2.24) is 9.88 Å². The van der Waals surface area contributed by atoms with E-state index in [9.17, 15) is 14.7 Å². The molecule has 1 aliphatic heterocycles. The highest BCUT2D eigenvalue weighted by Crippen LogP contribution is 2.41. The largest absolute Gasteiger partial charge is 0.507 e. The van der Waals surface area contributed by atoms with Crippen LogP contribution in [0.1, 0.15) is 22.7 Å². The molecule has 1 aromatic heterocycles. The molecule has 1 unspecified atom stereocenters. The number of carbonyl (C=O) groups excluding carboxylic acids is 2. The predicted molar refractivity (Wildman–Crippen MR) is 110 cm³/mol. The predicted octanol–water partition coefficient (Wildman–Crippen LogP) is 3.54. The van der Waals surface area contributed by atoms with Crippen molar-refractivity contribution >= 4 is 28.4 Å². The lowest BCUT2D eigenvalue weighted by Crippen LogP contribution is -2.32. The maximum atomic E-state index is 12.9. The second kappa shape index (κ2) is 7.56. The van der Waals surface area contributed by atoms with E-state index in [-0.39, 0.29) is 24.5 Å². The number of hydrogen-bond acceptors (Lipinski definition) is 4. The SMILES string of the molecule is COCCN1C(=O)C(=O)/C(=C(/O)c2ccc(C)cc2)C1c1c[nH]c2ccccc12. The van der Waals surface area contributed by atoms with Gasteiger partial charge in [0.15, 0.2) is 0 Å². The lowest BCUT2D eigenvalue weighted by Gasteiger charge is -2.24. The highest BCUT2D eigenvalue weighted by molar-refractivity contribution is 6.46. The van der Waals surface area contributed by atoms with Gasteiger partial charge in [-0.15, -0.1) is 0 Å². The molecule has 6 heteroatoms. The summed E-state index contributed by atoms with van der Waals surface area (Å²) in [5.41, 5.74) is 3.31. The average Bonchev–Trinajstić information content (AvgIpc) is 3.26. The van der Waals surface area contributed by atoms with Gasteiger partial charge in [-0.2, -0.15) is 0 Å². The number of aromatic amines is 1. The highest BCUT2D eigenvalue weighted by atomic mass is 16.5. The fraction of sp³-hybridized carbons (Fsp3) is 0.217. The summed E-state index contributed by atoms with van der Waals surface area (Å²) in [6, 6.07) is 14.2. The summed E-state index contributed by atoms with van der Waals surface area (Å²) in [4.78, 5) is 30.4. The Hall–Kier alpha value is -3.38. The number of rotatable bonds is 5. The van der Waals surface area contributed by atoms with Crippen LogP contribution in [0.5, 0.6) is 0 Å². The van der Waals surface area contributed by atoms with Gasteiger partial charge in [-0.25, -0.2) is 0 Å². The third-order valence-corrected chi connectivity index (χ3v) is 5.32. The van der Waals surface area contributed by atoms with Gasteiger partial charge in [0.2, 0.25) is 0 Å². The van der Waals surface area contributed by atoms with Gasteiger partial charge in [-0.3, -0.25) is 9.59 Å². The molecule has 2 heterocycles. The smallest absolute Gasteiger partial charge is 0.295 e. The molecule has 1 amide bonds. The average molecular weight is 390 g/mol. The zero-order valence-electron chi connectivity index (χ0n) is 16.3. The minimum Gasteiger partial charge on any atom is -0.507 e. The lowest BCUT2D eigenvalue weighted by molar-refractivity contribution is -0.140. The van der Waals surface area contributed by atoms with Gasteiger partial charge in [-0.1, -0.05) is 48.0 Å². The van der Waals surface area contributed by atoms with Gasteiger partial charge in [0, 0.05) is 41.9 Å². The van der Waals surface area contributed by atoms with E-state index in [4.69, 9.17) is 4.74 Å². The number of para-hydroxylation sites is 1. The van der Waals surface area contributed by atoms with Gasteiger partial charge >= 0.3 is 0 Å². The van der Waals surface area contributed by atoms with E-state index < -0.39 is 17.7 Å². The Labute approximate surface area is 168 Å². The Balaban J connectivity index is 1.92. The first-order chi connectivity index (χ1) is 14.0. The minimum atomic E-state index is -0.692. The number of aliphatic hydroxyl groups is 1. The number of nitrogens with zero attached hydrogens (tertiary/aromatic N) is 1. The van der Waals surface area contributed by atoms with Crippen molar-refractivity contribution in [2.75, 3.05) is 20.3 Å². The van der Waals surface area contributed by atoms with Crippen LogP contribution in [0.4, 0.5) is 0 Å². The fourth-order valence-corrected chi connectivity index (χ4v) is 3.81. The summed E-state index contributed by atoms with van der Waals surface area (Å²) in [5.74, 6) is -1.49. The summed E-state index contributed by atoms with van der Waals surface area (Å²) in [5, 5.41) is 11.9. The molecular formula is C23H22N2O4. The van der Waals surface area contributed by atoms with E-state index in [1.54, 1.807) is 25.4 Å². The van der Waals surface area contributed by atoms with Crippen LogP contribution in [0.15, 0.2) is 60.3 Å². The number of ketones is 1. The van der Waals surface area contributed by atoms with Crippen LogP contribution in [0.3, 0.4) is 0 Å². The first-order valence-electron chi connectivity index (χ1n) is 9.43. The number of carbonyl (C=O) groups is 2. The maximum absolute atomic E-state index is 12.9. The number of likely N-dealkylation sites (tertiary alicyclic amines) is 1. The van der Waals surface area contributed by atoms with E-state index >= 15 is 0 Å². The van der Waals surface area contributed by atoms with Gasteiger partial charge in [0.05, 0.1) is 18.2 Å². The van der Waals surface area contributed by atoms with Crippen LogP contribution in [-0.4, -0.2) is 46.9 Å². The normalized spacial score (nSPS) is 18.7. The number of ether oxygens (including phenoxy) is 1. The summed E-state index contributed by atoms with van der Waals surface area (Å²) < 4.78 is 5.14. The maximum Gasteiger partial charge on any atom is 0.295 e. The van der Waals surface area contributed by atoms with E-state index in [0.29, 0.717) is 5.56 Å². The first-order valence-corrected chi connectivity index (χ1v) is 9.43. The molecular weight excluding hydrogens is 368 g/mol. The van der Waals surface area contributed by atoms with Crippen LogP contribution >= 0.6 is 0 Å². The lowest BCUT2D eigenvalue weighted by atomic mass is 9.94. The van der Waals surface area contributed by atoms with E-state index in [2.05, 4.69) is 4.98 Å². The van der Waals surface area contributed by atoms with Crippen LogP contribution in [0.2, 0.25) is 0 Å². The van der Waals surface area contributed by atoms with Gasteiger partial charge in [0.25, 0.3) is 11.7 Å². The molecule has 2 N–H and O–H groups in total. The molecule has 0 spiro atoms. The minimum absolute atomic E-state index is 0.0970. The number of amides is 1. The van der Waals surface area contributed by atoms with Gasteiger partial charge < -0.3 is 19.7 Å². The van der Waals surface area contributed by atoms with E-state index in [0.717, 1.165) is 22.0 Å². The molecule has 0 radical (unpaired) electrons. The van der Waals surface area contributed by atoms with Crippen LogP contribution < -0.4 is 0 Å². The summed E-state index contributed by atoms with van der Waals surface area (Å²) in [7, 11) is 1.55. The Kier molecular flexibility index (Phi) is 4.94. The van der Waals surface area contributed by atoms with Gasteiger partial charge in [0.1, 0.15) is 5.76 Å². The Morgan fingerprint density at radius 2 is 1.86 bits per heavy atom. The number of aliphatic hydroxyl groups excluding tert-OH is 1. The molecule has 1 aliphatic rings.